The Morgan fingerprint density at radius 3 is 2.71 bits per heavy atom. The molecule has 35 heavy (non-hydrogen) atoms. The molecule has 1 aliphatic rings. The Morgan fingerprint density at radius 1 is 1.20 bits per heavy atom. The minimum Gasteiger partial charge on any atom is -0.494 e. The molecule has 8 nitrogen and oxygen atoms in total. The number of ether oxygens (including phenoxy) is 2. The highest BCUT2D eigenvalue weighted by atomic mass is 32.2. The first-order valence-electron chi connectivity index (χ1n) is 11.8. The predicted octanol–water partition coefficient (Wildman–Crippen LogP) is 3.66. The number of carbonyl (C=O) groups excluding carboxylic acids is 1. The molecule has 0 radical (unpaired) electrons. The highest BCUT2D eigenvalue weighted by molar-refractivity contribution is 7.91. The zero-order valence-electron chi connectivity index (χ0n) is 20.0. The first kappa shape index (κ1) is 24.8. The van der Waals surface area contributed by atoms with Crippen molar-refractivity contribution in [3.05, 3.63) is 77.7 Å². The molecule has 186 valence electrons. The molecule has 1 N–H and O–H groups in total. The minimum absolute atomic E-state index is 0.0306. The molecular weight excluding hydrogens is 466 g/mol. The third-order valence-corrected chi connectivity index (χ3v) is 7.82. The van der Waals surface area contributed by atoms with Gasteiger partial charge in [0, 0.05) is 25.2 Å². The molecule has 1 aliphatic carbocycles. The van der Waals surface area contributed by atoms with Gasteiger partial charge in [-0.2, -0.15) is 0 Å². The van der Waals surface area contributed by atoms with Gasteiger partial charge >= 0.3 is 6.09 Å². The lowest BCUT2D eigenvalue weighted by Gasteiger charge is -2.22. The molecule has 1 aromatic heterocycles. The van der Waals surface area contributed by atoms with Crippen LogP contribution in [-0.2, 0) is 34.5 Å². The zero-order valence-corrected chi connectivity index (χ0v) is 20.8. The number of hydrogen-bond acceptors (Lipinski definition) is 6. The second-order valence-electron chi connectivity index (χ2n) is 8.73. The molecule has 2 unspecified atom stereocenters. The summed E-state index contributed by atoms with van der Waals surface area (Å²) in [7, 11) is -1.70. The Labute approximate surface area is 206 Å². The number of fused-ring (bicyclic) bond motifs is 1. The van der Waals surface area contributed by atoms with E-state index in [-0.39, 0.29) is 29.3 Å². The zero-order chi connectivity index (χ0) is 24.8. The molecule has 0 bridgehead atoms. The number of alkyl carbamates (subject to hydrolysis) is 1. The molecule has 2 aromatic carbocycles. The second-order valence-corrected chi connectivity index (χ2v) is 10.8. The van der Waals surface area contributed by atoms with Crippen molar-refractivity contribution in [3.63, 3.8) is 0 Å². The summed E-state index contributed by atoms with van der Waals surface area (Å²) < 4.78 is 37.5. The summed E-state index contributed by atoms with van der Waals surface area (Å²) in [5, 5.41) is 3.11. The monoisotopic (exact) mass is 497 g/mol. The lowest BCUT2D eigenvalue weighted by atomic mass is 9.91. The van der Waals surface area contributed by atoms with Gasteiger partial charge < -0.3 is 19.4 Å². The predicted molar refractivity (Wildman–Crippen MR) is 132 cm³/mol. The van der Waals surface area contributed by atoms with Crippen LogP contribution in [0.5, 0.6) is 5.75 Å². The summed E-state index contributed by atoms with van der Waals surface area (Å²) in [6.07, 6.45) is 4.42. The topological polar surface area (TPSA) is 99.5 Å². The van der Waals surface area contributed by atoms with Crippen LogP contribution in [0.25, 0.3) is 0 Å². The maximum absolute atomic E-state index is 12.4. The largest absolute Gasteiger partial charge is 0.494 e. The van der Waals surface area contributed by atoms with Gasteiger partial charge in [-0.25, -0.2) is 18.2 Å². The van der Waals surface area contributed by atoms with E-state index in [9.17, 15) is 13.2 Å². The van der Waals surface area contributed by atoms with Crippen LogP contribution in [0.4, 0.5) is 4.79 Å². The molecule has 0 fully saturated rings. The third kappa shape index (κ3) is 6.22. The van der Waals surface area contributed by atoms with Gasteiger partial charge in [0.1, 0.15) is 5.75 Å². The Hall–Kier alpha value is -3.33. The van der Waals surface area contributed by atoms with Gasteiger partial charge in [0.2, 0.25) is 0 Å². The van der Waals surface area contributed by atoms with Gasteiger partial charge in [-0.1, -0.05) is 36.4 Å². The molecule has 0 aliphatic heterocycles. The number of hydrogen-bond donors (Lipinski definition) is 1. The number of nitrogens with zero attached hydrogens (tertiary/aromatic N) is 2. The van der Waals surface area contributed by atoms with Gasteiger partial charge in [0.05, 0.1) is 25.3 Å². The fourth-order valence-electron chi connectivity index (χ4n) is 4.48. The SMILES string of the molecule is CCOC(=O)NC1Cc2ccc(OCCCS(=O)(=O)c3cn(C)cn3)cc2C1Cc1ccccc1. The summed E-state index contributed by atoms with van der Waals surface area (Å²) in [4.78, 5) is 16.1. The number of rotatable bonds is 10. The van der Waals surface area contributed by atoms with Crippen LogP contribution in [0.15, 0.2) is 66.1 Å². The lowest BCUT2D eigenvalue weighted by molar-refractivity contribution is 0.147. The smallest absolute Gasteiger partial charge is 0.407 e. The number of aryl methyl sites for hydroxylation is 1. The van der Waals surface area contributed by atoms with Crippen molar-refractivity contribution in [2.24, 2.45) is 7.05 Å². The molecule has 3 aromatic rings. The van der Waals surface area contributed by atoms with Crippen LogP contribution in [0, 0.1) is 0 Å². The standard InChI is InChI=1S/C26H31N3O5S/c1-3-33-26(30)28-24-15-20-10-11-21(16-22(20)23(24)14-19-8-5-4-6-9-19)34-12-7-13-35(31,32)25-17-29(2)18-27-25/h4-6,8-11,16-18,23-24H,3,7,12-15H2,1-2H3,(H,28,30). The third-order valence-electron chi connectivity index (χ3n) is 6.15. The van der Waals surface area contributed by atoms with Gasteiger partial charge in [-0.15, -0.1) is 0 Å². The van der Waals surface area contributed by atoms with E-state index in [1.165, 1.54) is 18.1 Å². The molecule has 2 atom stereocenters. The van der Waals surface area contributed by atoms with Crippen LogP contribution in [0.1, 0.15) is 36.0 Å². The normalized spacial score (nSPS) is 17.1. The lowest BCUT2D eigenvalue weighted by Crippen LogP contribution is -2.38. The Balaban J connectivity index is 1.43. The van der Waals surface area contributed by atoms with Crippen LogP contribution in [-0.4, -0.2) is 49.1 Å². The van der Waals surface area contributed by atoms with Crippen molar-refractivity contribution in [2.75, 3.05) is 19.0 Å². The minimum atomic E-state index is -3.43. The molecule has 0 saturated heterocycles. The van der Waals surface area contributed by atoms with Crippen molar-refractivity contribution >= 4 is 15.9 Å². The Kier molecular flexibility index (Phi) is 7.75. The Bertz CT molecular complexity index is 1260. The summed E-state index contributed by atoms with van der Waals surface area (Å²) >= 11 is 0. The van der Waals surface area contributed by atoms with Crippen LogP contribution in [0.3, 0.4) is 0 Å². The number of imidazole rings is 1. The van der Waals surface area contributed by atoms with Gasteiger partial charge in [0.15, 0.2) is 14.9 Å². The maximum Gasteiger partial charge on any atom is 0.407 e. The number of sulfone groups is 1. The second kappa shape index (κ2) is 10.9. The average Bonchev–Trinajstić information content (AvgIpc) is 3.42. The fraction of sp³-hybridized carbons (Fsp3) is 0.385. The van der Waals surface area contributed by atoms with Crippen molar-refractivity contribution in [3.8, 4) is 5.75 Å². The van der Waals surface area contributed by atoms with E-state index in [1.807, 2.05) is 36.4 Å². The van der Waals surface area contributed by atoms with Crippen molar-refractivity contribution in [1.29, 1.82) is 0 Å². The first-order valence-corrected chi connectivity index (χ1v) is 13.4. The van der Waals surface area contributed by atoms with E-state index in [0.717, 1.165) is 17.5 Å². The number of benzene rings is 2. The van der Waals surface area contributed by atoms with E-state index in [1.54, 1.807) is 18.5 Å². The fourth-order valence-corrected chi connectivity index (χ4v) is 5.72. The Morgan fingerprint density at radius 2 is 2.00 bits per heavy atom. The number of amides is 1. The van der Waals surface area contributed by atoms with E-state index in [4.69, 9.17) is 9.47 Å². The molecule has 4 rings (SSSR count). The molecule has 0 spiro atoms. The van der Waals surface area contributed by atoms with E-state index in [2.05, 4.69) is 22.4 Å². The highest BCUT2D eigenvalue weighted by Crippen LogP contribution is 2.38. The van der Waals surface area contributed by atoms with Gasteiger partial charge in [-0.3, -0.25) is 0 Å². The summed E-state index contributed by atoms with van der Waals surface area (Å²) in [6.45, 7) is 2.39. The van der Waals surface area contributed by atoms with Crippen molar-refractivity contribution in [1.82, 2.24) is 14.9 Å². The van der Waals surface area contributed by atoms with Crippen LogP contribution >= 0.6 is 0 Å². The average molecular weight is 498 g/mol. The summed E-state index contributed by atoms with van der Waals surface area (Å²) in [5.74, 6) is 0.732. The van der Waals surface area contributed by atoms with E-state index >= 15 is 0 Å². The molecule has 9 heteroatoms. The molecular formula is C26H31N3O5S. The highest BCUT2D eigenvalue weighted by Gasteiger charge is 2.34. The van der Waals surface area contributed by atoms with Gasteiger partial charge in [-0.05, 0) is 55.0 Å². The van der Waals surface area contributed by atoms with Gasteiger partial charge in [0.25, 0.3) is 0 Å². The van der Waals surface area contributed by atoms with Crippen molar-refractivity contribution < 1.29 is 22.7 Å². The van der Waals surface area contributed by atoms with E-state index in [0.29, 0.717) is 25.2 Å². The maximum atomic E-state index is 12.4. The number of nitrogens with one attached hydrogen (secondary N) is 1. The van der Waals surface area contributed by atoms with Crippen LogP contribution < -0.4 is 10.1 Å². The molecule has 1 amide bonds. The van der Waals surface area contributed by atoms with Crippen molar-refractivity contribution in [2.45, 2.75) is 43.2 Å². The molecule has 1 heterocycles. The quantitative estimate of drug-likeness (QED) is 0.429. The van der Waals surface area contributed by atoms with E-state index < -0.39 is 15.9 Å². The first-order chi connectivity index (χ1) is 16.9. The number of carbonyl (C=O) groups is 1. The number of aromatic nitrogens is 2. The molecule has 0 saturated carbocycles. The van der Waals surface area contributed by atoms with Crippen LogP contribution in [0.2, 0.25) is 0 Å². The summed E-state index contributed by atoms with van der Waals surface area (Å²) in [6, 6.07) is 16.0. The summed E-state index contributed by atoms with van der Waals surface area (Å²) in [5.41, 5.74) is 3.49.